The minimum absolute atomic E-state index is 0. The Morgan fingerprint density at radius 1 is 1.44 bits per heavy atom. The summed E-state index contributed by atoms with van der Waals surface area (Å²) in [5.41, 5.74) is 2.85. The number of hydrogen-bond acceptors (Lipinski definition) is 0. The van der Waals surface area contributed by atoms with Gasteiger partial charge in [-0.1, -0.05) is 6.92 Å². The van der Waals surface area contributed by atoms with E-state index >= 15 is 0 Å². The largest absolute Gasteiger partial charge is 0.272 e. The van der Waals surface area contributed by atoms with Gasteiger partial charge in [0, 0.05) is 26.2 Å². The van der Waals surface area contributed by atoms with E-state index in [-0.39, 0.29) is 38.6 Å². The number of allylic oxidation sites excluding steroid dienone is 4. The van der Waals surface area contributed by atoms with E-state index in [1.807, 2.05) is 0 Å². The molecule has 0 aliphatic heterocycles. The summed E-state index contributed by atoms with van der Waals surface area (Å²) in [6.07, 6.45) is 6.22. The van der Waals surface area contributed by atoms with Crippen LogP contribution in [0, 0.1) is 6.08 Å². The second kappa shape index (κ2) is 5.44. The summed E-state index contributed by atoms with van der Waals surface area (Å²) in [7, 11) is 0. The summed E-state index contributed by atoms with van der Waals surface area (Å²) in [5, 5.41) is 0. The molecule has 0 fully saturated rings. The second-order valence-corrected chi connectivity index (χ2v) is 1.99. The third-order valence-electron chi connectivity index (χ3n) is 1.36. The van der Waals surface area contributed by atoms with Crippen LogP contribution in [0.4, 0.5) is 0 Å². The van der Waals surface area contributed by atoms with Crippen molar-refractivity contribution in [1.82, 2.24) is 0 Å². The van der Waals surface area contributed by atoms with E-state index in [4.69, 9.17) is 0 Å². The van der Waals surface area contributed by atoms with Gasteiger partial charge in [-0.05, 0) is 0 Å². The molecule has 0 N–H and O–H groups in total. The maximum atomic E-state index is 3.12. The van der Waals surface area contributed by atoms with Crippen LogP contribution < -0.4 is 0 Å². The van der Waals surface area contributed by atoms with Gasteiger partial charge in [0.15, 0.2) is 0 Å². The van der Waals surface area contributed by atoms with Crippen molar-refractivity contribution in [2.45, 2.75) is 20.3 Å². The van der Waals surface area contributed by atoms with Gasteiger partial charge in [-0.15, -0.1) is 25.8 Å². The van der Waals surface area contributed by atoms with Crippen molar-refractivity contribution in [3.8, 4) is 0 Å². The molecule has 1 aliphatic carbocycles. The fraction of sp³-hybridized carbons (Fsp3) is 0.429. The fourth-order valence-corrected chi connectivity index (χ4v) is 0.620. The van der Waals surface area contributed by atoms with Crippen molar-refractivity contribution in [2.24, 2.45) is 0 Å². The van der Waals surface area contributed by atoms with Crippen LogP contribution in [0.1, 0.15) is 20.3 Å². The Kier molecular flexibility index (Phi) is 7.46. The molecule has 9 heavy (non-hydrogen) atoms. The van der Waals surface area contributed by atoms with Gasteiger partial charge in [0.2, 0.25) is 0 Å². The third-order valence-corrected chi connectivity index (χ3v) is 1.36. The molecule has 0 aromatic heterocycles. The third kappa shape index (κ3) is 3.37. The molecule has 2 heteroatoms. The van der Waals surface area contributed by atoms with Crippen LogP contribution in [0.2, 0.25) is 0 Å². The van der Waals surface area contributed by atoms with Gasteiger partial charge >= 0.3 is 0 Å². The van der Waals surface area contributed by atoms with Crippen molar-refractivity contribution in [3.05, 3.63) is 23.3 Å². The Labute approximate surface area is 81.9 Å². The van der Waals surface area contributed by atoms with Crippen LogP contribution >= 0.6 is 12.4 Å². The van der Waals surface area contributed by atoms with Gasteiger partial charge in [-0.2, -0.15) is 5.57 Å². The van der Waals surface area contributed by atoms with E-state index in [9.17, 15) is 0 Å². The molecule has 0 unspecified atom stereocenters. The minimum atomic E-state index is 0. The molecule has 0 amide bonds. The minimum Gasteiger partial charge on any atom is -0.272 e. The summed E-state index contributed by atoms with van der Waals surface area (Å²) in [6, 6.07) is 0. The van der Waals surface area contributed by atoms with Crippen molar-refractivity contribution in [3.63, 3.8) is 0 Å². The average molecular weight is 221 g/mol. The molecule has 0 radical (unpaired) electrons. The van der Waals surface area contributed by atoms with E-state index in [2.05, 4.69) is 26.0 Å². The first-order valence-corrected chi connectivity index (χ1v) is 2.53. The monoisotopic (exact) mass is 219 g/mol. The summed E-state index contributed by atoms with van der Waals surface area (Å²) >= 11 is 0. The van der Waals surface area contributed by atoms with E-state index in [0.29, 0.717) is 0 Å². The van der Waals surface area contributed by atoms with Gasteiger partial charge < -0.3 is 0 Å². The van der Waals surface area contributed by atoms with Crippen molar-refractivity contribution in [1.29, 1.82) is 0 Å². The molecular formula is C7H10ClZr-. The molecule has 1 aliphatic rings. The van der Waals surface area contributed by atoms with Crippen LogP contribution in [0.5, 0.6) is 0 Å². The average Bonchev–Trinajstić information content (AvgIpc) is 1.91. The van der Waals surface area contributed by atoms with Crippen molar-refractivity contribution >= 4 is 12.4 Å². The van der Waals surface area contributed by atoms with Gasteiger partial charge in [-0.25, -0.2) is 11.6 Å². The van der Waals surface area contributed by atoms with Crippen LogP contribution in [-0.2, 0) is 26.2 Å². The molecular weight excluding hydrogens is 211 g/mol. The SMILES string of the molecule is CC1=C(C)C[C-]=C1.Cl.[Zr]. The van der Waals surface area contributed by atoms with Crippen LogP contribution in [0.3, 0.4) is 0 Å². The molecule has 0 spiro atoms. The van der Waals surface area contributed by atoms with Gasteiger partial charge in [0.25, 0.3) is 0 Å². The summed E-state index contributed by atoms with van der Waals surface area (Å²) in [5.74, 6) is 0. The van der Waals surface area contributed by atoms with Crippen LogP contribution in [-0.4, -0.2) is 0 Å². The number of halogens is 1. The van der Waals surface area contributed by atoms with E-state index in [1.165, 1.54) is 11.1 Å². The van der Waals surface area contributed by atoms with E-state index in [1.54, 1.807) is 0 Å². The Hall–Kier alpha value is 0.653. The smallest absolute Gasteiger partial charge is 0 e. The molecule has 0 heterocycles. The van der Waals surface area contributed by atoms with Crippen LogP contribution in [0.15, 0.2) is 17.2 Å². The zero-order chi connectivity index (χ0) is 5.28. The van der Waals surface area contributed by atoms with Gasteiger partial charge in [-0.3, -0.25) is 6.08 Å². The van der Waals surface area contributed by atoms with Crippen LogP contribution in [0.25, 0.3) is 0 Å². The quantitative estimate of drug-likeness (QED) is 0.551. The molecule has 0 nitrogen and oxygen atoms in total. The fourth-order valence-electron chi connectivity index (χ4n) is 0.620. The molecule has 0 atom stereocenters. The van der Waals surface area contributed by atoms with E-state index in [0.717, 1.165) is 6.42 Å². The Morgan fingerprint density at radius 2 is 2.00 bits per heavy atom. The Balaban J connectivity index is 0. The molecule has 0 aromatic rings. The second-order valence-electron chi connectivity index (χ2n) is 1.99. The maximum Gasteiger partial charge on any atom is 0 e. The normalized spacial score (nSPS) is 14.9. The molecule has 0 aromatic carbocycles. The first kappa shape index (κ1) is 12.3. The standard InChI is InChI=1S/C7H9.ClH.Zr/c1-6-4-3-5-7(6)2;;/h4H,5H2,1-2H3;1H;/q-1;;. The predicted octanol–water partition coefficient (Wildman–Crippen LogP) is 2.51. The molecule has 0 saturated heterocycles. The molecule has 0 bridgehead atoms. The maximum absolute atomic E-state index is 3.12. The van der Waals surface area contributed by atoms with Gasteiger partial charge in [0.05, 0.1) is 0 Å². The molecule has 50 valence electrons. The van der Waals surface area contributed by atoms with Gasteiger partial charge in [0.1, 0.15) is 0 Å². The zero-order valence-electron chi connectivity index (χ0n) is 5.69. The number of rotatable bonds is 0. The topological polar surface area (TPSA) is 0 Å². The Morgan fingerprint density at radius 3 is 2.11 bits per heavy atom. The summed E-state index contributed by atoms with van der Waals surface area (Å²) in [6.45, 7) is 4.27. The Bertz CT molecular complexity index is 136. The predicted molar refractivity (Wildman–Crippen MR) is 38.1 cm³/mol. The summed E-state index contributed by atoms with van der Waals surface area (Å²) in [4.78, 5) is 0. The van der Waals surface area contributed by atoms with E-state index < -0.39 is 0 Å². The number of hydrogen-bond donors (Lipinski definition) is 0. The van der Waals surface area contributed by atoms with Crippen molar-refractivity contribution < 1.29 is 26.2 Å². The first-order valence-electron chi connectivity index (χ1n) is 2.53. The molecule has 1 rings (SSSR count). The molecule has 0 saturated carbocycles. The van der Waals surface area contributed by atoms with Crippen molar-refractivity contribution in [2.75, 3.05) is 0 Å². The summed E-state index contributed by atoms with van der Waals surface area (Å²) < 4.78 is 0. The first-order chi connectivity index (χ1) is 3.30. The zero-order valence-corrected chi connectivity index (χ0v) is 8.97.